The smallest absolute Gasteiger partial charge is 0.141 e. The van der Waals surface area contributed by atoms with Crippen molar-refractivity contribution in [3.05, 3.63) is 26.7 Å². The molecule has 0 aliphatic heterocycles. The van der Waals surface area contributed by atoms with Crippen molar-refractivity contribution < 1.29 is 4.74 Å². The Bertz CT molecular complexity index is 433. The lowest BCUT2D eigenvalue weighted by Crippen LogP contribution is -2.19. The summed E-state index contributed by atoms with van der Waals surface area (Å²) in [6, 6.07) is 0.0440. The van der Waals surface area contributed by atoms with Gasteiger partial charge in [0.15, 0.2) is 0 Å². The van der Waals surface area contributed by atoms with Crippen LogP contribution in [0.2, 0.25) is 10.0 Å². The van der Waals surface area contributed by atoms with Crippen LogP contribution >= 0.6 is 35.6 Å². The standard InChI is InChI=1S/C14H21Cl2NO.ClH/c1-5-6-18-14-11(7-8(2)17)9(3)12(15)10(4)13(14)16;/h8H,5-7,17H2,1-4H3;1H. The Morgan fingerprint density at radius 2 is 1.74 bits per heavy atom. The molecule has 5 heteroatoms. The van der Waals surface area contributed by atoms with Crippen molar-refractivity contribution in [2.75, 3.05) is 6.61 Å². The molecule has 1 atom stereocenters. The van der Waals surface area contributed by atoms with E-state index < -0.39 is 0 Å². The second-order valence-corrected chi connectivity index (χ2v) is 5.47. The van der Waals surface area contributed by atoms with E-state index in [1.807, 2.05) is 20.8 Å². The van der Waals surface area contributed by atoms with Gasteiger partial charge in [0.25, 0.3) is 0 Å². The maximum Gasteiger partial charge on any atom is 0.141 e. The number of ether oxygens (including phenoxy) is 1. The quantitative estimate of drug-likeness (QED) is 0.850. The molecule has 1 aromatic carbocycles. The van der Waals surface area contributed by atoms with Crippen molar-refractivity contribution in [1.29, 1.82) is 0 Å². The molecule has 2 nitrogen and oxygen atoms in total. The van der Waals surface area contributed by atoms with E-state index in [0.717, 1.165) is 28.9 Å². The highest BCUT2D eigenvalue weighted by atomic mass is 35.5. The van der Waals surface area contributed by atoms with Crippen molar-refractivity contribution in [2.45, 2.75) is 46.6 Å². The zero-order chi connectivity index (χ0) is 13.9. The highest BCUT2D eigenvalue weighted by Gasteiger charge is 2.19. The van der Waals surface area contributed by atoms with Gasteiger partial charge in [-0.25, -0.2) is 0 Å². The molecule has 0 amide bonds. The van der Waals surface area contributed by atoms with Crippen molar-refractivity contribution >= 4 is 35.6 Å². The first-order chi connectivity index (χ1) is 8.40. The van der Waals surface area contributed by atoms with Crippen LogP contribution in [0.3, 0.4) is 0 Å². The molecule has 0 aromatic heterocycles. The Labute approximate surface area is 132 Å². The third kappa shape index (κ3) is 4.42. The Kier molecular flexibility index (Phi) is 8.14. The van der Waals surface area contributed by atoms with Gasteiger partial charge in [0, 0.05) is 16.6 Å². The minimum absolute atomic E-state index is 0. The summed E-state index contributed by atoms with van der Waals surface area (Å²) in [6.07, 6.45) is 1.65. The maximum atomic E-state index is 6.34. The lowest BCUT2D eigenvalue weighted by Gasteiger charge is -2.20. The molecule has 1 aromatic rings. The van der Waals surface area contributed by atoms with Crippen LogP contribution in [0.25, 0.3) is 0 Å². The molecule has 0 heterocycles. The van der Waals surface area contributed by atoms with Crippen molar-refractivity contribution in [2.24, 2.45) is 5.73 Å². The van der Waals surface area contributed by atoms with Gasteiger partial charge >= 0.3 is 0 Å². The number of hydrogen-bond acceptors (Lipinski definition) is 2. The normalized spacial score (nSPS) is 11.9. The molecule has 1 unspecified atom stereocenters. The summed E-state index contributed by atoms with van der Waals surface area (Å²) in [4.78, 5) is 0. The second kappa shape index (κ2) is 8.21. The third-order valence-corrected chi connectivity index (χ3v) is 3.91. The van der Waals surface area contributed by atoms with E-state index in [1.54, 1.807) is 0 Å². The molecule has 19 heavy (non-hydrogen) atoms. The van der Waals surface area contributed by atoms with E-state index in [9.17, 15) is 0 Å². The molecule has 0 bridgehead atoms. The van der Waals surface area contributed by atoms with Gasteiger partial charge in [-0.3, -0.25) is 0 Å². The molecule has 0 radical (unpaired) electrons. The van der Waals surface area contributed by atoms with Gasteiger partial charge in [-0.05, 0) is 44.7 Å². The summed E-state index contributed by atoms with van der Waals surface area (Å²) in [7, 11) is 0. The van der Waals surface area contributed by atoms with Crippen LogP contribution in [0.1, 0.15) is 37.0 Å². The van der Waals surface area contributed by atoms with Crippen molar-refractivity contribution in [1.82, 2.24) is 0 Å². The summed E-state index contributed by atoms with van der Waals surface area (Å²) in [5.74, 6) is 0.746. The highest BCUT2D eigenvalue weighted by Crippen LogP contribution is 2.40. The van der Waals surface area contributed by atoms with Crippen LogP contribution in [0.4, 0.5) is 0 Å². The molecule has 1 rings (SSSR count). The fourth-order valence-electron chi connectivity index (χ4n) is 1.91. The molecule has 0 aliphatic rings. The van der Waals surface area contributed by atoms with Gasteiger partial charge in [-0.1, -0.05) is 30.1 Å². The Morgan fingerprint density at radius 1 is 1.16 bits per heavy atom. The molecular formula is C14H22Cl3NO. The summed E-state index contributed by atoms with van der Waals surface area (Å²) in [5.41, 5.74) is 8.80. The van der Waals surface area contributed by atoms with Crippen molar-refractivity contribution in [3.63, 3.8) is 0 Å². The molecule has 0 saturated carbocycles. The molecule has 0 saturated heterocycles. The topological polar surface area (TPSA) is 35.2 Å². The fourth-order valence-corrected chi connectivity index (χ4v) is 2.43. The molecule has 2 N–H and O–H groups in total. The number of hydrogen-bond donors (Lipinski definition) is 1. The molecular weight excluding hydrogens is 305 g/mol. The zero-order valence-electron chi connectivity index (χ0n) is 11.8. The van der Waals surface area contributed by atoms with Crippen LogP contribution in [-0.2, 0) is 6.42 Å². The second-order valence-electron chi connectivity index (χ2n) is 4.72. The zero-order valence-corrected chi connectivity index (χ0v) is 14.2. The average molecular weight is 327 g/mol. The first-order valence-electron chi connectivity index (χ1n) is 6.25. The summed E-state index contributed by atoms with van der Waals surface area (Å²) in [5, 5.41) is 1.31. The lowest BCUT2D eigenvalue weighted by atomic mass is 9.98. The van der Waals surface area contributed by atoms with Crippen molar-refractivity contribution in [3.8, 4) is 5.75 Å². The molecule has 0 fully saturated rings. The van der Waals surface area contributed by atoms with Crippen LogP contribution in [0.5, 0.6) is 5.75 Å². The molecule has 110 valence electrons. The number of rotatable bonds is 5. The fraction of sp³-hybridized carbons (Fsp3) is 0.571. The minimum Gasteiger partial charge on any atom is -0.492 e. The van der Waals surface area contributed by atoms with E-state index in [4.69, 9.17) is 33.7 Å². The first-order valence-corrected chi connectivity index (χ1v) is 7.01. The molecule has 0 aliphatic carbocycles. The average Bonchev–Trinajstić information content (AvgIpc) is 2.32. The van der Waals surface area contributed by atoms with E-state index in [-0.39, 0.29) is 18.4 Å². The summed E-state index contributed by atoms with van der Waals surface area (Å²) < 4.78 is 5.79. The van der Waals surface area contributed by atoms with Crippen LogP contribution in [0, 0.1) is 13.8 Å². The Balaban J connectivity index is 0.00000324. The van der Waals surface area contributed by atoms with Gasteiger partial charge in [0.1, 0.15) is 5.75 Å². The van der Waals surface area contributed by atoms with E-state index >= 15 is 0 Å². The number of benzene rings is 1. The van der Waals surface area contributed by atoms with Gasteiger partial charge in [-0.2, -0.15) is 0 Å². The Morgan fingerprint density at radius 3 is 2.21 bits per heavy atom. The van der Waals surface area contributed by atoms with Gasteiger partial charge in [-0.15, -0.1) is 12.4 Å². The number of nitrogens with two attached hydrogens (primary N) is 1. The summed E-state index contributed by atoms with van der Waals surface area (Å²) >= 11 is 12.6. The molecule has 0 spiro atoms. The summed E-state index contributed by atoms with van der Waals surface area (Å²) in [6.45, 7) is 8.57. The van der Waals surface area contributed by atoms with E-state index in [1.165, 1.54) is 0 Å². The monoisotopic (exact) mass is 325 g/mol. The van der Waals surface area contributed by atoms with Crippen LogP contribution in [0.15, 0.2) is 0 Å². The number of halogens is 3. The van der Waals surface area contributed by atoms with Crippen LogP contribution < -0.4 is 10.5 Å². The maximum absolute atomic E-state index is 6.34. The first kappa shape index (κ1) is 18.9. The third-order valence-electron chi connectivity index (χ3n) is 2.89. The van der Waals surface area contributed by atoms with Crippen LogP contribution in [-0.4, -0.2) is 12.6 Å². The van der Waals surface area contributed by atoms with Gasteiger partial charge in [0.2, 0.25) is 0 Å². The SMILES string of the molecule is CCCOc1c(Cl)c(C)c(Cl)c(C)c1CC(C)N.Cl. The predicted octanol–water partition coefficient (Wildman–Crippen LogP) is 4.71. The van der Waals surface area contributed by atoms with Gasteiger partial charge < -0.3 is 10.5 Å². The minimum atomic E-state index is 0. The largest absolute Gasteiger partial charge is 0.492 e. The lowest BCUT2D eigenvalue weighted by molar-refractivity contribution is 0.313. The van der Waals surface area contributed by atoms with E-state index in [0.29, 0.717) is 23.1 Å². The van der Waals surface area contributed by atoms with E-state index in [2.05, 4.69) is 6.92 Å². The van der Waals surface area contributed by atoms with Gasteiger partial charge in [0.05, 0.1) is 11.6 Å². The Hall–Kier alpha value is -0.150. The predicted molar refractivity (Wildman–Crippen MR) is 86.3 cm³/mol. The highest BCUT2D eigenvalue weighted by molar-refractivity contribution is 6.37.